The fourth-order valence-electron chi connectivity index (χ4n) is 11.8. The van der Waals surface area contributed by atoms with E-state index in [-0.39, 0.29) is 0 Å². The fraction of sp³-hybridized carbons (Fsp3) is 0.588. The van der Waals surface area contributed by atoms with Crippen LogP contribution in [-0.2, 0) is 5.41 Å². The van der Waals surface area contributed by atoms with E-state index < -0.39 is 0 Å². The van der Waals surface area contributed by atoms with Crippen LogP contribution in [0.2, 0.25) is 0 Å². The highest BCUT2D eigenvalue weighted by atomic mass is 14.7. The first kappa shape index (κ1) is 20.4. The van der Waals surface area contributed by atoms with Gasteiger partial charge in [0.15, 0.2) is 0 Å². The molecule has 0 amide bonds. The summed E-state index contributed by atoms with van der Waals surface area (Å²) in [7, 11) is 0. The molecule has 0 heterocycles. The highest BCUT2D eigenvalue weighted by Crippen LogP contribution is 2.77. The van der Waals surface area contributed by atoms with Crippen molar-refractivity contribution >= 4 is 5.57 Å². The van der Waals surface area contributed by atoms with Crippen LogP contribution in [0.1, 0.15) is 93.7 Å². The van der Waals surface area contributed by atoms with E-state index in [0.29, 0.717) is 16.2 Å². The van der Waals surface area contributed by atoms with Crippen LogP contribution in [0.3, 0.4) is 0 Å². The molecule has 0 nitrogen and oxygen atoms in total. The van der Waals surface area contributed by atoms with Gasteiger partial charge in [0.1, 0.15) is 0 Å². The summed E-state index contributed by atoms with van der Waals surface area (Å²) in [6.45, 7) is 4.43. The second kappa shape index (κ2) is 6.89. The molecule has 8 aliphatic rings. The smallest absolute Gasteiger partial charge is 0.00362 e. The predicted molar refractivity (Wildman–Crippen MR) is 140 cm³/mol. The summed E-state index contributed by atoms with van der Waals surface area (Å²) >= 11 is 0. The minimum atomic E-state index is 0.458. The molecular formula is C34H40. The third-order valence-corrected chi connectivity index (χ3v) is 12.2. The van der Waals surface area contributed by atoms with E-state index in [4.69, 9.17) is 0 Å². The van der Waals surface area contributed by atoms with Gasteiger partial charge in [0, 0.05) is 0 Å². The molecule has 0 aromatic heterocycles. The molecule has 8 fully saturated rings. The van der Waals surface area contributed by atoms with E-state index in [1.54, 1.807) is 63.4 Å². The third kappa shape index (κ3) is 2.78. The van der Waals surface area contributed by atoms with E-state index >= 15 is 0 Å². The quantitative estimate of drug-likeness (QED) is 0.438. The van der Waals surface area contributed by atoms with E-state index in [2.05, 4.69) is 61.2 Å². The van der Waals surface area contributed by atoms with Gasteiger partial charge in [0.05, 0.1) is 0 Å². The molecule has 0 spiro atoms. The number of hydrogen-bond acceptors (Lipinski definition) is 0. The first-order valence-corrected chi connectivity index (χ1v) is 14.4. The zero-order valence-corrected chi connectivity index (χ0v) is 20.8. The molecule has 8 saturated carbocycles. The number of benzene rings is 2. The van der Waals surface area contributed by atoms with Crippen LogP contribution in [0.15, 0.2) is 61.2 Å². The Labute approximate surface area is 206 Å². The SMILES string of the molecule is C=C(c1ccccc1)c1ccc(C23C[C@H]4C[C@@H](C2)CC(C25CC6CC(CC(C6)C2)C5)(C4)C3)cc1. The van der Waals surface area contributed by atoms with Crippen molar-refractivity contribution in [2.24, 2.45) is 40.4 Å². The zero-order valence-electron chi connectivity index (χ0n) is 20.8. The van der Waals surface area contributed by atoms with Crippen LogP contribution >= 0.6 is 0 Å². The highest BCUT2D eigenvalue weighted by molar-refractivity contribution is 5.78. The molecule has 176 valence electrons. The summed E-state index contributed by atoms with van der Waals surface area (Å²) in [6, 6.07) is 20.5. The summed E-state index contributed by atoms with van der Waals surface area (Å²) in [5.41, 5.74) is 7.19. The zero-order chi connectivity index (χ0) is 22.5. The lowest BCUT2D eigenvalue weighted by Crippen LogP contribution is -2.63. The Kier molecular flexibility index (Phi) is 4.13. The summed E-state index contributed by atoms with van der Waals surface area (Å²) in [5, 5.41) is 0. The molecule has 0 saturated heterocycles. The van der Waals surface area contributed by atoms with Crippen molar-refractivity contribution in [3.05, 3.63) is 77.9 Å². The molecule has 2 aromatic rings. The maximum Gasteiger partial charge on any atom is -0.00362 e. The van der Waals surface area contributed by atoms with Gasteiger partial charge in [-0.05, 0) is 145 Å². The molecule has 0 N–H and O–H groups in total. The van der Waals surface area contributed by atoms with E-state index in [1.165, 1.54) is 30.4 Å². The standard InChI is InChI=1S/C34H40/c1-23(29-5-3-2-4-6-29)30-7-9-31(10-8-30)32-15-27-14-28(16-32)21-34(20-27,22-32)33-17-24-11-25(18-33)13-26(12-24)19-33/h2-10,24-28H,1,11-22H2/t24?,25?,26?,27-,28+,32?,33?,34?. The Morgan fingerprint density at radius 2 is 1.06 bits per heavy atom. The van der Waals surface area contributed by atoms with Crippen molar-refractivity contribution in [3.8, 4) is 0 Å². The van der Waals surface area contributed by atoms with Gasteiger partial charge in [-0.15, -0.1) is 0 Å². The van der Waals surface area contributed by atoms with Gasteiger partial charge in [0.2, 0.25) is 0 Å². The van der Waals surface area contributed by atoms with Crippen molar-refractivity contribution in [2.75, 3.05) is 0 Å². The van der Waals surface area contributed by atoms with Gasteiger partial charge in [-0.2, -0.15) is 0 Å². The Hall–Kier alpha value is -1.82. The van der Waals surface area contributed by atoms with Crippen molar-refractivity contribution in [1.29, 1.82) is 0 Å². The largest absolute Gasteiger partial charge is 0.0906 e. The monoisotopic (exact) mass is 448 g/mol. The van der Waals surface area contributed by atoms with Gasteiger partial charge in [-0.1, -0.05) is 61.2 Å². The minimum Gasteiger partial charge on any atom is -0.0906 e. The molecule has 8 bridgehead atoms. The molecule has 2 aromatic carbocycles. The van der Waals surface area contributed by atoms with Gasteiger partial charge in [-0.25, -0.2) is 0 Å². The number of rotatable bonds is 4. The normalized spacial score (nSPS) is 45.6. The van der Waals surface area contributed by atoms with Crippen molar-refractivity contribution in [2.45, 2.75) is 82.5 Å². The van der Waals surface area contributed by atoms with Crippen LogP contribution < -0.4 is 0 Å². The maximum absolute atomic E-state index is 4.43. The lowest BCUT2D eigenvalue weighted by Gasteiger charge is -2.72. The van der Waals surface area contributed by atoms with Gasteiger partial charge in [0.25, 0.3) is 0 Å². The summed E-state index contributed by atoms with van der Waals surface area (Å²) in [5.74, 6) is 5.23. The predicted octanol–water partition coefficient (Wildman–Crippen LogP) is 8.80. The van der Waals surface area contributed by atoms with Crippen molar-refractivity contribution < 1.29 is 0 Å². The lowest BCUT2D eigenvalue weighted by atomic mass is 9.32. The van der Waals surface area contributed by atoms with Gasteiger partial charge >= 0.3 is 0 Å². The summed E-state index contributed by atoms with van der Waals surface area (Å²) in [4.78, 5) is 0. The Morgan fingerprint density at radius 1 is 0.559 bits per heavy atom. The second-order valence-corrected chi connectivity index (χ2v) is 14.1. The third-order valence-electron chi connectivity index (χ3n) is 12.2. The highest BCUT2D eigenvalue weighted by Gasteiger charge is 2.67. The van der Waals surface area contributed by atoms with Gasteiger partial charge < -0.3 is 0 Å². The van der Waals surface area contributed by atoms with E-state index in [0.717, 1.165) is 35.2 Å². The van der Waals surface area contributed by atoms with Crippen LogP contribution in [-0.4, -0.2) is 0 Å². The minimum absolute atomic E-state index is 0.458. The molecule has 34 heavy (non-hydrogen) atoms. The van der Waals surface area contributed by atoms with Crippen LogP contribution in [0.25, 0.3) is 5.57 Å². The second-order valence-electron chi connectivity index (χ2n) is 14.1. The van der Waals surface area contributed by atoms with Crippen LogP contribution in [0.4, 0.5) is 0 Å². The van der Waals surface area contributed by atoms with E-state index in [1.807, 2.05) is 0 Å². The van der Waals surface area contributed by atoms with E-state index in [9.17, 15) is 0 Å². The molecule has 2 unspecified atom stereocenters. The first-order valence-electron chi connectivity index (χ1n) is 14.4. The van der Waals surface area contributed by atoms with Crippen molar-refractivity contribution in [3.63, 3.8) is 0 Å². The molecule has 0 radical (unpaired) electrons. The first-order chi connectivity index (χ1) is 16.5. The van der Waals surface area contributed by atoms with Crippen molar-refractivity contribution in [1.82, 2.24) is 0 Å². The van der Waals surface area contributed by atoms with Crippen LogP contribution in [0, 0.1) is 40.4 Å². The Morgan fingerprint density at radius 3 is 1.65 bits per heavy atom. The molecule has 8 aliphatic carbocycles. The van der Waals surface area contributed by atoms with Gasteiger partial charge in [-0.3, -0.25) is 0 Å². The molecule has 0 aliphatic heterocycles. The average Bonchev–Trinajstić information content (AvgIpc) is 2.83. The maximum atomic E-state index is 4.43. The molecular weight excluding hydrogens is 408 g/mol. The Bertz CT molecular complexity index is 1070. The fourth-order valence-corrected chi connectivity index (χ4v) is 11.8. The topological polar surface area (TPSA) is 0 Å². The Balaban J connectivity index is 1.14. The lowest BCUT2D eigenvalue weighted by molar-refractivity contribution is -0.205. The molecule has 4 atom stereocenters. The molecule has 10 rings (SSSR count). The summed E-state index contributed by atoms with van der Waals surface area (Å²) in [6.07, 6.45) is 18.7. The molecule has 0 heteroatoms. The summed E-state index contributed by atoms with van der Waals surface area (Å²) < 4.78 is 0. The number of hydrogen-bond donors (Lipinski definition) is 0. The average molecular weight is 449 g/mol. The van der Waals surface area contributed by atoms with Crippen LogP contribution in [0.5, 0.6) is 0 Å².